The zero-order chi connectivity index (χ0) is 13.5. The number of hydrogen-bond donors (Lipinski definition) is 4. The van der Waals surface area contributed by atoms with Crippen LogP contribution in [0.4, 0.5) is 4.79 Å². The molecule has 0 aliphatic carbocycles. The second-order valence-electron chi connectivity index (χ2n) is 4.46. The third-order valence-corrected chi connectivity index (χ3v) is 3.02. The molecule has 0 aromatic heterocycles. The Morgan fingerprint density at radius 1 is 1.50 bits per heavy atom. The first-order chi connectivity index (χ1) is 8.50. The number of amides is 2. The maximum atomic E-state index is 11.5. The summed E-state index contributed by atoms with van der Waals surface area (Å²) < 4.78 is 5.23. The molecular formula is C11H20N2O5. The zero-order valence-corrected chi connectivity index (χ0v) is 10.4. The first kappa shape index (κ1) is 14.7. The summed E-state index contributed by atoms with van der Waals surface area (Å²) in [5, 5.41) is 22.7. The van der Waals surface area contributed by atoms with Crippen molar-refractivity contribution in [3.63, 3.8) is 0 Å². The molecule has 1 saturated heterocycles. The number of ether oxygens (including phenoxy) is 1. The van der Waals surface area contributed by atoms with Gasteiger partial charge in [0.05, 0.1) is 6.61 Å². The average Bonchev–Trinajstić information content (AvgIpc) is 2.81. The molecule has 1 aliphatic rings. The number of carbonyl (C=O) groups excluding carboxylic acids is 1. The second-order valence-corrected chi connectivity index (χ2v) is 4.46. The monoisotopic (exact) mass is 260 g/mol. The van der Waals surface area contributed by atoms with Crippen LogP contribution >= 0.6 is 0 Å². The number of carboxylic acids is 1. The van der Waals surface area contributed by atoms with Gasteiger partial charge in [-0.05, 0) is 13.3 Å². The lowest BCUT2D eigenvalue weighted by Crippen LogP contribution is -2.45. The zero-order valence-electron chi connectivity index (χ0n) is 10.4. The fourth-order valence-corrected chi connectivity index (χ4v) is 1.77. The van der Waals surface area contributed by atoms with Crippen molar-refractivity contribution in [1.29, 1.82) is 0 Å². The molecule has 2 amide bonds. The fraction of sp³-hybridized carbons (Fsp3) is 0.818. The van der Waals surface area contributed by atoms with Crippen molar-refractivity contribution in [1.82, 2.24) is 10.6 Å². The van der Waals surface area contributed by atoms with Crippen LogP contribution in [0.2, 0.25) is 0 Å². The van der Waals surface area contributed by atoms with Gasteiger partial charge in [0.2, 0.25) is 0 Å². The van der Waals surface area contributed by atoms with Gasteiger partial charge in [0, 0.05) is 31.5 Å². The maximum Gasteiger partial charge on any atom is 0.332 e. The third-order valence-electron chi connectivity index (χ3n) is 3.02. The molecule has 0 radical (unpaired) electrons. The van der Waals surface area contributed by atoms with Gasteiger partial charge in [0.1, 0.15) is 0 Å². The van der Waals surface area contributed by atoms with Crippen molar-refractivity contribution in [2.24, 2.45) is 5.92 Å². The summed E-state index contributed by atoms with van der Waals surface area (Å²) in [6.45, 7) is 3.40. The van der Waals surface area contributed by atoms with Gasteiger partial charge in [0.15, 0.2) is 6.10 Å². The molecule has 0 saturated carbocycles. The van der Waals surface area contributed by atoms with E-state index in [0.717, 1.165) is 13.0 Å². The molecule has 1 heterocycles. The molecule has 18 heavy (non-hydrogen) atoms. The van der Waals surface area contributed by atoms with Gasteiger partial charge in [-0.25, -0.2) is 9.59 Å². The van der Waals surface area contributed by atoms with E-state index in [-0.39, 0.29) is 25.0 Å². The topological polar surface area (TPSA) is 108 Å². The van der Waals surface area contributed by atoms with Gasteiger partial charge >= 0.3 is 12.0 Å². The van der Waals surface area contributed by atoms with Crippen LogP contribution in [0.15, 0.2) is 0 Å². The van der Waals surface area contributed by atoms with E-state index < -0.39 is 12.1 Å². The van der Waals surface area contributed by atoms with Gasteiger partial charge in [-0.1, -0.05) is 0 Å². The van der Waals surface area contributed by atoms with Crippen LogP contribution in [0, 0.1) is 5.92 Å². The van der Waals surface area contributed by atoms with Crippen LogP contribution in [0.5, 0.6) is 0 Å². The quantitative estimate of drug-likeness (QED) is 0.517. The summed E-state index contributed by atoms with van der Waals surface area (Å²) in [6.07, 6.45) is -0.519. The minimum atomic E-state index is -1.44. The number of carbonyl (C=O) groups is 2. The largest absolute Gasteiger partial charge is 0.479 e. The lowest BCUT2D eigenvalue weighted by Gasteiger charge is -2.19. The molecule has 4 N–H and O–H groups in total. The highest BCUT2D eigenvalue weighted by Gasteiger charge is 2.23. The Balaban J connectivity index is 2.15. The smallest absolute Gasteiger partial charge is 0.332 e. The SMILES string of the molecule is CC(NC(=O)NCCC(O)C(=O)O)C1CCOC1. The molecule has 1 fully saturated rings. The number of carboxylic acid groups (broad SMARTS) is 1. The third kappa shape index (κ3) is 4.89. The Hall–Kier alpha value is -1.34. The normalized spacial score (nSPS) is 22.2. The summed E-state index contributed by atoms with van der Waals surface area (Å²) in [5.41, 5.74) is 0. The predicted octanol–water partition coefficient (Wildman–Crippen LogP) is -0.454. The van der Waals surface area contributed by atoms with Crippen molar-refractivity contribution in [2.75, 3.05) is 19.8 Å². The Morgan fingerprint density at radius 2 is 2.22 bits per heavy atom. The summed E-state index contributed by atoms with van der Waals surface area (Å²) >= 11 is 0. The van der Waals surface area contributed by atoms with E-state index in [1.165, 1.54) is 0 Å². The molecule has 3 atom stereocenters. The Kier molecular flexibility index (Phi) is 5.87. The number of aliphatic carboxylic acids is 1. The Labute approximate surface area is 106 Å². The maximum absolute atomic E-state index is 11.5. The number of nitrogens with one attached hydrogen (secondary N) is 2. The van der Waals surface area contributed by atoms with E-state index in [0.29, 0.717) is 12.5 Å². The van der Waals surface area contributed by atoms with Crippen molar-refractivity contribution in [2.45, 2.75) is 31.9 Å². The van der Waals surface area contributed by atoms with Gasteiger partial charge in [0.25, 0.3) is 0 Å². The van der Waals surface area contributed by atoms with Crippen LogP contribution in [0.3, 0.4) is 0 Å². The first-order valence-corrected chi connectivity index (χ1v) is 6.03. The van der Waals surface area contributed by atoms with Crippen LogP contribution in [-0.2, 0) is 9.53 Å². The number of rotatable bonds is 6. The standard InChI is InChI=1S/C11H20N2O5/c1-7(8-3-5-18-6-8)13-11(17)12-4-2-9(14)10(15)16/h7-9,14H,2-6H2,1H3,(H,15,16)(H2,12,13,17). The van der Waals surface area contributed by atoms with Gasteiger partial charge in [-0.2, -0.15) is 0 Å². The highest BCUT2D eigenvalue weighted by Crippen LogP contribution is 2.15. The number of urea groups is 1. The van der Waals surface area contributed by atoms with Gasteiger partial charge < -0.3 is 25.6 Å². The molecule has 0 aromatic carbocycles. The van der Waals surface area contributed by atoms with Crippen molar-refractivity contribution < 1.29 is 24.5 Å². The van der Waals surface area contributed by atoms with Crippen molar-refractivity contribution in [3.05, 3.63) is 0 Å². The summed E-state index contributed by atoms with van der Waals surface area (Å²) in [5.74, 6) is -0.964. The molecule has 7 heteroatoms. The van der Waals surface area contributed by atoms with E-state index in [1.54, 1.807) is 0 Å². The molecule has 7 nitrogen and oxygen atoms in total. The number of hydrogen-bond acceptors (Lipinski definition) is 4. The van der Waals surface area contributed by atoms with E-state index in [9.17, 15) is 9.59 Å². The van der Waals surface area contributed by atoms with E-state index >= 15 is 0 Å². The minimum absolute atomic E-state index is 0.0102. The van der Waals surface area contributed by atoms with Gasteiger partial charge in [-0.3, -0.25) is 0 Å². The predicted molar refractivity (Wildman–Crippen MR) is 63.2 cm³/mol. The highest BCUT2D eigenvalue weighted by molar-refractivity contribution is 5.74. The lowest BCUT2D eigenvalue weighted by molar-refractivity contribution is -0.146. The molecule has 1 rings (SSSR count). The van der Waals surface area contributed by atoms with E-state index in [1.807, 2.05) is 6.92 Å². The van der Waals surface area contributed by atoms with Crippen molar-refractivity contribution in [3.8, 4) is 0 Å². The Morgan fingerprint density at radius 3 is 2.78 bits per heavy atom. The average molecular weight is 260 g/mol. The van der Waals surface area contributed by atoms with Crippen molar-refractivity contribution >= 4 is 12.0 Å². The number of aliphatic hydroxyl groups is 1. The molecule has 3 unspecified atom stereocenters. The van der Waals surface area contributed by atoms with Crippen LogP contribution < -0.4 is 10.6 Å². The molecule has 0 spiro atoms. The summed E-state index contributed by atoms with van der Waals surface area (Å²) in [4.78, 5) is 21.8. The number of aliphatic hydroxyl groups excluding tert-OH is 1. The molecule has 104 valence electrons. The molecule has 0 aromatic rings. The highest BCUT2D eigenvalue weighted by atomic mass is 16.5. The van der Waals surface area contributed by atoms with E-state index in [4.69, 9.17) is 14.9 Å². The van der Waals surface area contributed by atoms with E-state index in [2.05, 4.69) is 10.6 Å². The summed E-state index contributed by atoms with van der Waals surface area (Å²) in [6, 6.07) is -0.344. The van der Waals surface area contributed by atoms with Crippen LogP contribution in [0.25, 0.3) is 0 Å². The van der Waals surface area contributed by atoms with Gasteiger partial charge in [-0.15, -0.1) is 0 Å². The Bertz CT molecular complexity index is 291. The molecule has 1 aliphatic heterocycles. The van der Waals surface area contributed by atoms with Crippen LogP contribution in [0.1, 0.15) is 19.8 Å². The second kappa shape index (κ2) is 7.17. The molecular weight excluding hydrogens is 240 g/mol. The molecule has 0 bridgehead atoms. The van der Waals surface area contributed by atoms with Crippen LogP contribution in [-0.4, -0.2) is 54.1 Å². The first-order valence-electron chi connectivity index (χ1n) is 6.03. The lowest BCUT2D eigenvalue weighted by atomic mass is 10.0. The summed E-state index contributed by atoms with van der Waals surface area (Å²) in [7, 11) is 0. The minimum Gasteiger partial charge on any atom is -0.479 e. The fourth-order valence-electron chi connectivity index (χ4n) is 1.77.